The lowest BCUT2D eigenvalue weighted by atomic mass is 10.1. The number of primary sulfonamides is 1. The fourth-order valence-corrected chi connectivity index (χ4v) is 4.24. The number of ether oxygens (including phenoxy) is 3. The number of nitrogens with two attached hydrogens (primary N) is 1. The second kappa shape index (κ2) is 10.7. The molecule has 9 heteroatoms. The van der Waals surface area contributed by atoms with E-state index in [4.69, 9.17) is 31.0 Å². The Morgan fingerprint density at radius 1 is 1.10 bits per heavy atom. The van der Waals surface area contributed by atoms with Gasteiger partial charge < -0.3 is 19.5 Å². The number of halogens is 1. The van der Waals surface area contributed by atoms with Gasteiger partial charge in [0.25, 0.3) is 0 Å². The number of nitrogens with one attached hydrogen (secondary N) is 1. The Labute approximate surface area is 177 Å². The Bertz CT molecular complexity index is 921. The van der Waals surface area contributed by atoms with Gasteiger partial charge in [0.1, 0.15) is 17.3 Å². The summed E-state index contributed by atoms with van der Waals surface area (Å²) in [6.45, 7) is 5.51. The molecule has 160 valence electrons. The second-order valence-electron chi connectivity index (χ2n) is 6.40. The molecule has 0 radical (unpaired) electrons. The van der Waals surface area contributed by atoms with Gasteiger partial charge in [-0.25, -0.2) is 13.6 Å². The molecule has 0 heterocycles. The maximum Gasteiger partial charge on any atom is 0.243 e. The molecular weight excluding hydrogens is 416 g/mol. The zero-order valence-corrected chi connectivity index (χ0v) is 18.3. The van der Waals surface area contributed by atoms with Crippen LogP contribution in [-0.2, 0) is 16.4 Å². The fraction of sp³-hybridized carbons (Fsp3) is 0.400. The normalized spacial score (nSPS) is 12.4. The number of sulfonamides is 1. The minimum absolute atomic E-state index is 0.0277. The van der Waals surface area contributed by atoms with Crippen LogP contribution < -0.4 is 24.7 Å². The predicted molar refractivity (Wildman–Crippen MR) is 114 cm³/mol. The summed E-state index contributed by atoms with van der Waals surface area (Å²) in [5.74, 6) is 1.53. The van der Waals surface area contributed by atoms with Crippen LogP contribution in [0.1, 0.15) is 19.4 Å². The molecule has 0 aromatic heterocycles. The highest BCUT2D eigenvalue weighted by molar-refractivity contribution is 7.89. The monoisotopic (exact) mass is 442 g/mol. The van der Waals surface area contributed by atoms with Crippen LogP contribution in [0, 0.1) is 0 Å². The van der Waals surface area contributed by atoms with Crippen molar-refractivity contribution in [3.05, 3.63) is 47.0 Å². The van der Waals surface area contributed by atoms with Crippen LogP contribution >= 0.6 is 11.6 Å². The van der Waals surface area contributed by atoms with Crippen molar-refractivity contribution < 1.29 is 22.6 Å². The van der Waals surface area contributed by atoms with Gasteiger partial charge >= 0.3 is 0 Å². The van der Waals surface area contributed by atoms with Crippen LogP contribution in [0.25, 0.3) is 0 Å². The Kier molecular flexibility index (Phi) is 8.58. The highest BCUT2D eigenvalue weighted by atomic mass is 35.5. The van der Waals surface area contributed by atoms with Crippen molar-refractivity contribution >= 4 is 21.6 Å². The van der Waals surface area contributed by atoms with Gasteiger partial charge in [0.05, 0.1) is 18.7 Å². The van der Waals surface area contributed by atoms with Gasteiger partial charge in [-0.05, 0) is 44.0 Å². The van der Waals surface area contributed by atoms with Crippen molar-refractivity contribution in [3.8, 4) is 17.2 Å². The summed E-state index contributed by atoms with van der Waals surface area (Å²) in [6.07, 6.45) is 0.515. The van der Waals surface area contributed by atoms with Crippen LogP contribution in [0.3, 0.4) is 0 Å². The van der Waals surface area contributed by atoms with Gasteiger partial charge in [0.2, 0.25) is 10.0 Å². The van der Waals surface area contributed by atoms with Crippen LogP contribution in [0.5, 0.6) is 17.2 Å². The number of para-hydroxylation sites is 2. The molecule has 0 fully saturated rings. The first-order valence-electron chi connectivity index (χ1n) is 9.24. The van der Waals surface area contributed by atoms with E-state index >= 15 is 0 Å². The minimum Gasteiger partial charge on any atom is -0.495 e. The first-order valence-corrected chi connectivity index (χ1v) is 11.2. The zero-order valence-electron chi connectivity index (χ0n) is 16.8. The topological polar surface area (TPSA) is 99.9 Å². The molecule has 2 aromatic rings. The molecule has 0 saturated heterocycles. The van der Waals surface area contributed by atoms with Crippen molar-refractivity contribution in [3.63, 3.8) is 0 Å². The van der Waals surface area contributed by atoms with E-state index in [1.54, 1.807) is 12.1 Å². The van der Waals surface area contributed by atoms with Crippen LogP contribution in [0.15, 0.2) is 41.3 Å². The lowest BCUT2D eigenvalue weighted by Gasteiger charge is -2.18. The van der Waals surface area contributed by atoms with Crippen LogP contribution in [0.2, 0.25) is 5.02 Å². The predicted octanol–water partition coefficient (Wildman–Crippen LogP) is 2.99. The molecular formula is C20H27ClN2O5S. The molecule has 29 heavy (non-hydrogen) atoms. The quantitative estimate of drug-likeness (QED) is 0.519. The number of benzene rings is 2. The number of hydrogen-bond donors (Lipinski definition) is 2. The third kappa shape index (κ3) is 6.50. The molecule has 0 bridgehead atoms. The van der Waals surface area contributed by atoms with Crippen molar-refractivity contribution in [1.29, 1.82) is 0 Å². The van der Waals surface area contributed by atoms with Gasteiger partial charge in [-0.15, -0.1) is 0 Å². The lowest BCUT2D eigenvalue weighted by molar-refractivity contribution is 0.272. The molecule has 0 aliphatic carbocycles. The number of rotatable bonds is 11. The molecule has 2 rings (SSSR count). The summed E-state index contributed by atoms with van der Waals surface area (Å²) < 4.78 is 40.1. The molecule has 0 saturated carbocycles. The number of methoxy groups -OCH3 is 1. The van der Waals surface area contributed by atoms with Gasteiger partial charge in [0, 0.05) is 12.6 Å². The molecule has 0 aliphatic rings. The van der Waals surface area contributed by atoms with Gasteiger partial charge in [-0.1, -0.05) is 29.8 Å². The standard InChI is InChI=1S/C20H27ClN2O5S/c1-4-27-16-7-5-6-8-17(16)28-12-11-23-14(2)13-15-9-10-18(26-3)20(19(15)21)29(22,24)25/h5-10,14,23H,4,11-13H2,1-3H3,(H2,22,24,25)/t14-/m1/s1. The lowest BCUT2D eigenvalue weighted by Crippen LogP contribution is -2.32. The smallest absolute Gasteiger partial charge is 0.243 e. The first kappa shape index (κ1) is 23.3. The second-order valence-corrected chi connectivity index (χ2v) is 8.28. The van der Waals surface area contributed by atoms with Crippen molar-refractivity contribution in [2.24, 2.45) is 5.14 Å². The van der Waals surface area contributed by atoms with Crippen LogP contribution in [0.4, 0.5) is 0 Å². The SMILES string of the molecule is CCOc1ccccc1OCCN[C@H](C)Cc1ccc(OC)c(S(N)(=O)=O)c1Cl. The highest BCUT2D eigenvalue weighted by Crippen LogP contribution is 2.33. The molecule has 2 aromatic carbocycles. The van der Waals surface area contributed by atoms with E-state index in [0.29, 0.717) is 43.2 Å². The summed E-state index contributed by atoms with van der Waals surface area (Å²) in [5, 5.41) is 8.70. The van der Waals surface area contributed by atoms with E-state index in [1.807, 2.05) is 38.1 Å². The molecule has 0 amide bonds. The van der Waals surface area contributed by atoms with Crippen molar-refractivity contribution in [1.82, 2.24) is 5.32 Å². The average Bonchev–Trinajstić information content (AvgIpc) is 2.67. The zero-order chi connectivity index (χ0) is 21.4. The molecule has 3 N–H and O–H groups in total. The summed E-state index contributed by atoms with van der Waals surface area (Å²) in [5.41, 5.74) is 0.666. The van der Waals surface area contributed by atoms with Crippen molar-refractivity contribution in [2.75, 3.05) is 26.9 Å². The average molecular weight is 443 g/mol. The van der Waals surface area contributed by atoms with E-state index < -0.39 is 10.0 Å². The molecule has 0 unspecified atom stereocenters. The van der Waals surface area contributed by atoms with E-state index in [9.17, 15) is 8.42 Å². The summed E-state index contributed by atoms with van der Waals surface area (Å²) in [6, 6.07) is 10.8. The molecule has 0 aliphatic heterocycles. The summed E-state index contributed by atoms with van der Waals surface area (Å²) >= 11 is 6.30. The Morgan fingerprint density at radius 2 is 1.76 bits per heavy atom. The molecule has 7 nitrogen and oxygen atoms in total. The van der Waals surface area contributed by atoms with E-state index in [2.05, 4.69) is 5.32 Å². The Hall–Kier alpha value is -2.00. The third-order valence-electron chi connectivity index (χ3n) is 4.17. The molecule has 0 spiro atoms. The largest absolute Gasteiger partial charge is 0.495 e. The highest BCUT2D eigenvalue weighted by Gasteiger charge is 2.22. The summed E-state index contributed by atoms with van der Waals surface area (Å²) in [7, 11) is -2.64. The third-order valence-corrected chi connectivity index (χ3v) is 5.69. The minimum atomic E-state index is -4.00. The molecule has 1 atom stereocenters. The van der Waals surface area contributed by atoms with Gasteiger partial charge in [0.15, 0.2) is 11.5 Å². The maximum absolute atomic E-state index is 11.9. The van der Waals surface area contributed by atoms with Gasteiger partial charge in [-0.3, -0.25) is 0 Å². The van der Waals surface area contributed by atoms with E-state index in [0.717, 1.165) is 0 Å². The Morgan fingerprint density at radius 3 is 2.34 bits per heavy atom. The van der Waals surface area contributed by atoms with Crippen LogP contribution in [-0.4, -0.2) is 41.3 Å². The van der Waals surface area contributed by atoms with Crippen molar-refractivity contribution in [2.45, 2.75) is 31.2 Å². The first-order chi connectivity index (χ1) is 13.8. The van der Waals surface area contributed by atoms with E-state index in [-0.39, 0.29) is 21.7 Å². The maximum atomic E-state index is 11.9. The number of hydrogen-bond acceptors (Lipinski definition) is 6. The fourth-order valence-electron chi connectivity index (χ4n) is 2.88. The van der Waals surface area contributed by atoms with Gasteiger partial charge in [-0.2, -0.15) is 0 Å². The van der Waals surface area contributed by atoms with E-state index in [1.165, 1.54) is 7.11 Å². The Balaban J connectivity index is 1.94. The summed E-state index contributed by atoms with van der Waals surface area (Å²) in [4.78, 5) is -0.192.